The molecule has 1 aliphatic rings. The maximum absolute atomic E-state index is 12.6. The molecular weight excluding hydrogens is 276 g/mol. The number of hydrogen-bond donors (Lipinski definition) is 1. The molecule has 0 aliphatic carbocycles. The first kappa shape index (κ1) is 16.8. The second-order valence-electron chi connectivity index (χ2n) is 5.42. The summed E-state index contributed by atoms with van der Waals surface area (Å²) in [5.41, 5.74) is 6.48. The summed E-state index contributed by atoms with van der Waals surface area (Å²) in [7, 11) is 0. The smallest absolute Gasteiger partial charge is 0.257 e. The van der Waals surface area contributed by atoms with Crippen molar-refractivity contribution in [1.29, 1.82) is 0 Å². The lowest BCUT2D eigenvalue weighted by atomic mass is 9.90. The van der Waals surface area contributed by atoms with Crippen LogP contribution in [0.4, 0.5) is 0 Å². The van der Waals surface area contributed by atoms with Crippen LogP contribution >= 0.6 is 12.4 Å². The Balaban J connectivity index is 0.00000200. The monoisotopic (exact) mass is 298 g/mol. The van der Waals surface area contributed by atoms with Gasteiger partial charge in [-0.25, -0.2) is 0 Å². The van der Waals surface area contributed by atoms with Gasteiger partial charge < -0.3 is 15.4 Å². The van der Waals surface area contributed by atoms with Gasteiger partial charge in [-0.05, 0) is 37.4 Å². The number of carbonyl (C=O) groups excluding carboxylic acids is 1. The molecule has 1 aliphatic heterocycles. The van der Waals surface area contributed by atoms with Crippen molar-refractivity contribution >= 4 is 18.3 Å². The Morgan fingerprint density at radius 2 is 2.15 bits per heavy atom. The van der Waals surface area contributed by atoms with Crippen LogP contribution < -0.4 is 10.5 Å². The van der Waals surface area contributed by atoms with Crippen molar-refractivity contribution in [3.05, 3.63) is 29.8 Å². The first-order valence-electron chi connectivity index (χ1n) is 6.81. The van der Waals surface area contributed by atoms with Gasteiger partial charge >= 0.3 is 0 Å². The van der Waals surface area contributed by atoms with Crippen molar-refractivity contribution in [2.24, 2.45) is 11.1 Å². The largest absolute Gasteiger partial charge is 0.493 e. The molecule has 1 fully saturated rings. The van der Waals surface area contributed by atoms with Crippen molar-refractivity contribution in [2.75, 3.05) is 26.2 Å². The summed E-state index contributed by atoms with van der Waals surface area (Å²) >= 11 is 0. The first-order valence-corrected chi connectivity index (χ1v) is 6.81. The summed E-state index contributed by atoms with van der Waals surface area (Å²) in [5.74, 6) is 0.706. The Morgan fingerprint density at radius 1 is 1.45 bits per heavy atom. The van der Waals surface area contributed by atoms with E-state index in [1.54, 1.807) is 0 Å². The predicted octanol–water partition coefficient (Wildman–Crippen LogP) is 2.32. The highest BCUT2D eigenvalue weighted by Crippen LogP contribution is 2.31. The van der Waals surface area contributed by atoms with E-state index in [1.165, 1.54) is 0 Å². The van der Waals surface area contributed by atoms with Crippen LogP contribution in [-0.4, -0.2) is 37.0 Å². The van der Waals surface area contributed by atoms with Gasteiger partial charge in [0.05, 0.1) is 12.2 Å². The number of para-hydroxylation sites is 1. The Kier molecular flexibility index (Phi) is 5.84. The summed E-state index contributed by atoms with van der Waals surface area (Å²) in [6.45, 7) is 6.72. The molecule has 20 heavy (non-hydrogen) atoms. The summed E-state index contributed by atoms with van der Waals surface area (Å²) in [5, 5.41) is 0. The van der Waals surface area contributed by atoms with Gasteiger partial charge in [-0.1, -0.05) is 19.1 Å². The van der Waals surface area contributed by atoms with Crippen molar-refractivity contribution in [3.8, 4) is 5.75 Å². The molecule has 0 bridgehead atoms. The number of nitrogens with zero attached hydrogens (tertiary/aromatic N) is 1. The number of likely N-dealkylation sites (tertiary alicyclic amines) is 1. The van der Waals surface area contributed by atoms with E-state index in [-0.39, 0.29) is 23.7 Å². The molecule has 1 aromatic rings. The highest BCUT2D eigenvalue weighted by atomic mass is 35.5. The van der Waals surface area contributed by atoms with Gasteiger partial charge in [-0.2, -0.15) is 0 Å². The number of nitrogens with two attached hydrogens (primary N) is 1. The summed E-state index contributed by atoms with van der Waals surface area (Å²) in [4.78, 5) is 14.4. The van der Waals surface area contributed by atoms with Crippen LogP contribution in [0.2, 0.25) is 0 Å². The van der Waals surface area contributed by atoms with E-state index >= 15 is 0 Å². The molecule has 1 aromatic carbocycles. The lowest BCUT2D eigenvalue weighted by Crippen LogP contribution is -2.34. The van der Waals surface area contributed by atoms with E-state index in [0.717, 1.165) is 19.5 Å². The van der Waals surface area contributed by atoms with Gasteiger partial charge in [-0.3, -0.25) is 4.79 Å². The van der Waals surface area contributed by atoms with Gasteiger partial charge in [0.1, 0.15) is 5.75 Å². The Labute approximate surface area is 126 Å². The van der Waals surface area contributed by atoms with Crippen LogP contribution in [0.1, 0.15) is 30.6 Å². The zero-order chi connectivity index (χ0) is 13.9. The maximum atomic E-state index is 12.6. The second kappa shape index (κ2) is 6.95. The molecule has 1 heterocycles. The van der Waals surface area contributed by atoms with E-state index in [4.69, 9.17) is 10.5 Å². The van der Waals surface area contributed by atoms with Crippen LogP contribution in [0.25, 0.3) is 0 Å². The summed E-state index contributed by atoms with van der Waals surface area (Å²) in [6, 6.07) is 7.42. The molecular formula is C15H23ClN2O2. The Hall–Kier alpha value is -1.26. The van der Waals surface area contributed by atoms with Gasteiger partial charge in [0.25, 0.3) is 5.91 Å². The first-order chi connectivity index (χ1) is 9.09. The highest BCUT2D eigenvalue weighted by molar-refractivity contribution is 5.97. The van der Waals surface area contributed by atoms with Crippen molar-refractivity contribution in [1.82, 2.24) is 4.90 Å². The molecule has 0 spiro atoms. The molecule has 1 saturated heterocycles. The summed E-state index contributed by atoms with van der Waals surface area (Å²) < 4.78 is 5.52. The molecule has 0 saturated carbocycles. The molecule has 1 amide bonds. The fourth-order valence-electron chi connectivity index (χ4n) is 2.46. The number of hydrogen-bond acceptors (Lipinski definition) is 3. The Bertz CT molecular complexity index is 467. The number of carbonyl (C=O) groups is 1. The third kappa shape index (κ3) is 3.44. The normalized spacial score (nSPS) is 21.4. The fourth-order valence-corrected chi connectivity index (χ4v) is 2.46. The van der Waals surface area contributed by atoms with Crippen LogP contribution in [0, 0.1) is 5.41 Å². The number of halogens is 1. The lowest BCUT2D eigenvalue weighted by molar-refractivity contribution is 0.0772. The number of rotatable bonds is 4. The van der Waals surface area contributed by atoms with Crippen LogP contribution in [0.5, 0.6) is 5.75 Å². The quantitative estimate of drug-likeness (QED) is 0.928. The van der Waals surface area contributed by atoms with Crippen molar-refractivity contribution < 1.29 is 9.53 Å². The van der Waals surface area contributed by atoms with E-state index in [9.17, 15) is 4.79 Å². The molecule has 2 N–H and O–H groups in total. The zero-order valence-electron chi connectivity index (χ0n) is 12.1. The van der Waals surface area contributed by atoms with E-state index in [2.05, 4.69) is 6.92 Å². The van der Waals surface area contributed by atoms with E-state index in [0.29, 0.717) is 24.5 Å². The topological polar surface area (TPSA) is 55.6 Å². The minimum absolute atomic E-state index is 0. The third-order valence-corrected chi connectivity index (χ3v) is 3.76. The van der Waals surface area contributed by atoms with Gasteiger partial charge in [0.15, 0.2) is 0 Å². The van der Waals surface area contributed by atoms with Crippen LogP contribution in [0.3, 0.4) is 0 Å². The third-order valence-electron chi connectivity index (χ3n) is 3.76. The minimum atomic E-state index is 0. The fraction of sp³-hybridized carbons (Fsp3) is 0.533. The number of amides is 1. The molecule has 0 radical (unpaired) electrons. The van der Waals surface area contributed by atoms with E-state index < -0.39 is 0 Å². The standard InChI is InChI=1S/C15H22N2O2.ClH/c1-3-19-13-7-5-4-6-12(13)14(18)17-9-8-15(2,10-16)11-17;/h4-7H,3,8-11,16H2,1-2H3;1H. The van der Waals surface area contributed by atoms with Crippen molar-refractivity contribution in [3.63, 3.8) is 0 Å². The molecule has 112 valence electrons. The van der Waals surface area contributed by atoms with Gasteiger partial charge in [-0.15, -0.1) is 12.4 Å². The molecule has 1 atom stereocenters. The maximum Gasteiger partial charge on any atom is 0.257 e. The Morgan fingerprint density at radius 3 is 2.75 bits per heavy atom. The predicted molar refractivity (Wildman–Crippen MR) is 82.5 cm³/mol. The van der Waals surface area contributed by atoms with Crippen molar-refractivity contribution in [2.45, 2.75) is 20.3 Å². The van der Waals surface area contributed by atoms with Gasteiger partial charge in [0.2, 0.25) is 0 Å². The van der Waals surface area contributed by atoms with Crippen LogP contribution in [0.15, 0.2) is 24.3 Å². The average Bonchev–Trinajstić information content (AvgIpc) is 2.83. The SMILES string of the molecule is CCOc1ccccc1C(=O)N1CCC(C)(CN)C1.Cl. The summed E-state index contributed by atoms with van der Waals surface area (Å²) in [6.07, 6.45) is 0.964. The minimum Gasteiger partial charge on any atom is -0.493 e. The molecule has 4 nitrogen and oxygen atoms in total. The second-order valence-corrected chi connectivity index (χ2v) is 5.42. The number of ether oxygens (including phenoxy) is 1. The molecule has 1 unspecified atom stereocenters. The average molecular weight is 299 g/mol. The van der Waals surface area contributed by atoms with E-state index in [1.807, 2.05) is 36.1 Å². The number of benzene rings is 1. The highest BCUT2D eigenvalue weighted by Gasteiger charge is 2.35. The zero-order valence-corrected chi connectivity index (χ0v) is 12.9. The molecule has 2 rings (SSSR count). The molecule has 5 heteroatoms. The molecule has 0 aromatic heterocycles. The lowest BCUT2D eigenvalue weighted by Gasteiger charge is -2.23. The van der Waals surface area contributed by atoms with Gasteiger partial charge in [0, 0.05) is 13.1 Å². The van der Waals surface area contributed by atoms with Crippen LogP contribution in [-0.2, 0) is 0 Å².